The number of anilines is 1. The van der Waals surface area contributed by atoms with Gasteiger partial charge in [0.25, 0.3) is 5.91 Å². The van der Waals surface area contributed by atoms with Crippen molar-refractivity contribution in [3.8, 4) is 11.4 Å². The highest BCUT2D eigenvalue weighted by molar-refractivity contribution is 5.98. The summed E-state index contributed by atoms with van der Waals surface area (Å²) in [5.74, 6) is 1.54. The molecule has 12 nitrogen and oxygen atoms in total. The zero-order valence-electron chi connectivity index (χ0n) is 28.4. The zero-order valence-corrected chi connectivity index (χ0v) is 28.4. The highest BCUT2D eigenvalue weighted by Crippen LogP contribution is 2.39. The van der Waals surface area contributed by atoms with Gasteiger partial charge < -0.3 is 28.7 Å². The summed E-state index contributed by atoms with van der Waals surface area (Å²) in [6.07, 6.45) is 4.46. The van der Waals surface area contributed by atoms with E-state index in [0.717, 1.165) is 75.5 Å². The normalized spacial score (nSPS) is 18.7. The van der Waals surface area contributed by atoms with Crippen LogP contribution in [0.15, 0.2) is 79.1 Å². The van der Waals surface area contributed by atoms with Crippen molar-refractivity contribution in [1.82, 2.24) is 39.6 Å². The predicted octanol–water partition coefficient (Wildman–Crippen LogP) is 4.44. The topological polar surface area (TPSA) is 107 Å². The number of rotatable bonds is 12. The summed E-state index contributed by atoms with van der Waals surface area (Å²) in [4.78, 5) is 26.2. The summed E-state index contributed by atoms with van der Waals surface area (Å²) in [6, 6.07) is 24.6. The average Bonchev–Trinajstić information content (AvgIpc) is 3.88. The first kappa shape index (κ1) is 32.7. The van der Waals surface area contributed by atoms with Gasteiger partial charge in [0.1, 0.15) is 12.1 Å². The molecule has 2 aromatic heterocycles. The van der Waals surface area contributed by atoms with Gasteiger partial charge in [0.05, 0.1) is 36.0 Å². The molecule has 7 rings (SSSR count). The zero-order chi connectivity index (χ0) is 33.6. The number of tetrazole rings is 1. The van der Waals surface area contributed by atoms with Crippen molar-refractivity contribution >= 4 is 22.9 Å². The number of fused-ring (bicyclic) bond motifs is 1. The quantitative estimate of drug-likeness (QED) is 0.179. The van der Waals surface area contributed by atoms with Crippen molar-refractivity contribution in [3.63, 3.8) is 0 Å². The van der Waals surface area contributed by atoms with Crippen LogP contribution in [0.1, 0.15) is 42.1 Å². The van der Waals surface area contributed by atoms with Gasteiger partial charge in [-0.3, -0.25) is 4.79 Å². The Kier molecular flexibility index (Phi) is 9.85. The second-order valence-electron chi connectivity index (χ2n) is 12.9. The van der Waals surface area contributed by atoms with E-state index in [1.54, 1.807) is 17.9 Å². The number of amides is 1. The molecule has 2 fully saturated rings. The van der Waals surface area contributed by atoms with Gasteiger partial charge in [0.15, 0.2) is 0 Å². The van der Waals surface area contributed by atoms with Crippen molar-refractivity contribution in [3.05, 3.63) is 90.3 Å². The fraction of sp³-hybridized carbons (Fsp3) is 0.432. The Morgan fingerprint density at radius 1 is 0.939 bits per heavy atom. The van der Waals surface area contributed by atoms with Gasteiger partial charge in [-0.1, -0.05) is 42.5 Å². The summed E-state index contributed by atoms with van der Waals surface area (Å²) >= 11 is 0. The van der Waals surface area contributed by atoms with Gasteiger partial charge >= 0.3 is 0 Å². The van der Waals surface area contributed by atoms with E-state index >= 15 is 0 Å². The molecule has 49 heavy (non-hydrogen) atoms. The van der Waals surface area contributed by atoms with Gasteiger partial charge in [-0.05, 0) is 85.6 Å². The second kappa shape index (κ2) is 14.8. The molecular weight excluding hydrogens is 618 g/mol. The van der Waals surface area contributed by atoms with Gasteiger partial charge in [-0.25, -0.2) is 9.67 Å². The van der Waals surface area contributed by atoms with Gasteiger partial charge in [-0.15, -0.1) is 5.10 Å². The van der Waals surface area contributed by atoms with Crippen LogP contribution >= 0.6 is 0 Å². The molecule has 256 valence electrons. The van der Waals surface area contributed by atoms with Gasteiger partial charge in [0.2, 0.25) is 5.95 Å². The number of nitrogens with zero attached hydrogens (tertiary/aromatic N) is 9. The van der Waals surface area contributed by atoms with E-state index in [4.69, 9.17) is 14.5 Å². The maximum atomic E-state index is 14.1. The molecule has 1 unspecified atom stereocenters. The minimum Gasteiger partial charge on any atom is -0.496 e. The number of ether oxygens (including phenoxy) is 2. The SMILES string of the molecule is CCOCCn1c(N2CCCN(CCC3(c4ccccc4)CCN(C(=O)c4cc(-n5cnnn5)ccc4OC)C3)CC2)nc2ccccc21. The van der Waals surface area contributed by atoms with Crippen LogP contribution in [0.25, 0.3) is 16.7 Å². The molecule has 0 bridgehead atoms. The third kappa shape index (κ3) is 6.88. The van der Waals surface area contributed by atoms with Crippen molar-refractivity contribution in [2.24, 2.45) is 0 Å². The second-order valence-corrected chi connectivity index (χ2v) is 12.9. The maximum Gasteiger partial charge on any atom is 0.257 e. The molecule has 2 saturated heterocycles. The number of para-hydroxylation sites is 2. The lowest BCUT2D eigenvalue weighted by Crippen LogP contribution is -2.39. The van der Waals surface area contributed by atoms with Gasteiger partial charge in [0, 0.05) is 51.3 Å². The summed E-state index contributed by atoms with van der Waals surface area (Å²) in [5.41, 5.74) is 4.56. The lowest BCUT2D eigenvalue weighted by atomic mass is 9.76. The molecule has 5 aromatic rings. The summed E-state index contributed by atoms with van der Waals surface area (Å²) in [6.45, 7) is 10.4. The molecule has 0 radical (unpaired) electrons. The van der Waals surface area contributed by atoms with E-state index in [1.165, 1.54) is 11.9 Å². The molecule has 3 aromatic carbocycles. The minimum atomic E-state index is -0.142. The van der Waals surface area contributed by atoms with Crippen LogP contribution < -0.4 is 9.64 Å². The fourth-order valence-corrected chi connectivity index (χ4v) is 7.47. The summed E-state index contributed by atoms with van der Waals surface area (Å²) in [5, 5.41) is 11.5. The Morgan fingerprint density at radius 3 is 2.61 bits per heavy atom. The van der Waals surface area contributed by atoms with Crippen molar-refractivity contribution in [1.29, 1.82) is 0 Å². The molecule has 2 aliphatic heterocycles. The fourth-order valence-electron chi connectivity index (χ4n) is 7.47. The number of aromatic nitrogens is 6. The van der Waals surface area contributed by atoms with Crippen LogP contribution in [0.3, 0.4) is 0 Å². The van der Waals surface area contributed by atoms with Crippen molar-refractivity contribution < 1.29 is 14.3 Å². The lowest BCUT2D eigenvalue weighted by Gasteiger charge is -2.33. The van der Waals surface area contributed by atoms with Crippen molar-refractivity contribution in [2.75, 3.05) is 71.0 Å². The van der Waals surface area contributed by atoms with Crippen molar-refractivity contribution in [2.45, 2.75) is 38.1 Å². The standard InChI is InChI=1S/C37H45N9O3/c1-3-49-25-24-45-33-13-8-7-12-32(33)39-36(45)43-19-9-18-42(22-23-43)20-16-37(29-10-5-4-6-11-29)17-21-44(27-37)35(47)31-26-30(14-15-34(31)48-2)46-28-38-40-41-46/h4-8,10-15,26,28H,3,9,16-25,27H2,1-2H3. The number of carbonyl (C=O) groups is 1. The van der Waals surface area contributed by atoms with Crippen LogP contribution in [-0.2, 0) is 16.7 Å². The summed E-state index contributed by atoms with van der Waals surface area (Å²) < 4.78 is 15.2. The molecule has 12 heteroatoms. The molecule has 0 N–H and O–H groups in total. The third-order valence-electron chi connectivity index (χ3n) is 10.1. The Bertz CT molecular complexity index is 1840. The number of imidazole rings is 1. The predicted molar refractivity (Wildman–Crippen MR) is 188 cm³/mol. The minimum absolute atomic E-state index is 0.0396. The summed E-state index contributed by atoms with van der Waals surface area (Å²) in [7, 11) is 1.60. The highest BCUT2D eigenvalue weighted by atomic mass is 16.5. The maximum absolute atomic E-state index is 14.1. The largest absolute Gasteiger partial charge is 0.496 e. The lowest BCUT2D eigenvalue weighted by molar-refractivity contribution is 0.0777. The van der Waals surface area contributed by atoms with Crippen LogP contribution in [0.5, 0.6) is 5.75 Å². The monoisotopic (exact) mass is 663 g/mol. The van der Waals surface area contributed by atoms with Crippen LogP contribution in [0, 0.1) is 0 Å². The number of likely N-dealkylation sites (tertiary alicyclic amines) is 1. The Morgan fingerprint density at radius 2 is 1.80 bits per heavy atom. The Labute approximate surface area is 287 Å². The smallest absolute Gasteiger partial charge is 0.257 e. The molecule has 2 aliphatic rings. The Hall–Kier alpha value is -4.81. The molecule has 1 amide bonds. The van der Waals surface area contributed by atoms with E-state index in [-0.39, 0.29) is 11.3 Å². The number of hydrogen-bond donors (Lipinski definition) is 0. The van der Waals surface area contributed by atoms with E-state index in [2.05, 4.69) is 84.5 Å². The molecule has 4 heterocycles. The first-order valence-corrected chi connectivity index (χ1v) is 17.3. The third-order valence-corrected chi connectivity index (χ3v) is 10.1. The molecule has 1 atom stereocenters. The number of benzene rings is 3. The van der Waals surface area contributed by atoms with E-state index in [9.17, 15) is 4.79 Å². The van der Waals surface area contributed by atoms with E-state index < -0.39 is 0 Å². The Balaban J connectivity index is 1.06. The van der Waals surface area contributed by atoms with Crippen LogP contribution in [0.4, 0.5) is 5.95 Å². The highest BCUT2D eigenvalue weighted by Gasteiger charge is 2.42. The van der Waals surface area contributed by atoms with Crippen LogP contribution in [-0.4, -0.2) is 112 Å². The van der Waals surface area contributed by atoms with E-state index in [0.29, 0.717) is 43.3 Å². The van der Waals surface area contributed by atoms with Gasteiger partial charge in [-0.2, -0.15) is 0 Å². The molecule has 0 aliphatic carbocycles. The first-order valence-electron chi connectivity index (χ1n) is 17.3. The number of carbonyl (C=O) groups excluding carboxylic acids is 1. The average molecular weight is 664 g/mol. The first-order chi connectivity index (χ1) is 24.1. The molecular formula is C37H45N9O3. The number of hydrogen-bond acceptors (Lipinski definition) is 9. The van der Waals surface area contributed by atoms with E-state index in [1.807, 2.05) is 24.0 Å². The van der Waals surface area contributed by atoms with Crippen LogP contribution in [0.2, 0.25) is 0 Å². The molecule has 0 saturated carbocycles. The number of methoxy groups -OCH3 is 1. The molecule has 0 spiro atoms.